The maximum atomic E-state index is 12.9. The summed E-state index contributed by atoms with van der Waals surface area (Å²) in [7, 11) is 0. The summed E-state index contributed by atoms with van der Waals surface area (Å²) < 4.78 is 11.0. The first-order valence-electron chi connectivity index (χ1n) is 7.46. The second-order valence-electron chi connectivity index (χ2n) is 5.56. The van der Waals surface area contributed by atoms with E-state index in [4.69, 9.17) is 14.6 Å². The van der Waals surface area contributed by atoms with Crippen LogP contribution in [0.3, 0.4) is 0 Å². The van der Waals surface area contributed by atoms with E-state index < -0.39 is 18.1 Å². The van der Waals surface area contributed by atoms with E-state index in [0.29, 0.717) is 19.8 Å². The van der Waals surface area contributed by atoms with Gasteiger partial charge in [-0.2, -0.15) is 0 Å². The summed E-state index contributed by atoms with van der Waals surface area (Å²) in [6.45, 7) is 1.59. The van der Waals surface area contributed by atoms with Crippen LogP contribution in [-0.4, -0.2) is 54.3 Å². The lowest BCUT2D eigenvalue weighted by Gasteiger charge is -2.38. The number of carboxylic acids is 1. The van der Waals surface area contributed by atoms with Crippen molar-refractivity contribution in [1.29, 1.82) is 0 Å². The molecule has 6 heteroatoms. The number of hydrogen-bond donors (Lipinski definition) is 1. The molecule has 1 fully saturated rings. The standard InChI is InChI=1S/C16H19NO5/c18-14(19)9-12-10-21-8-6-17(12)16(20)15-13-4-2-1-3-11(13)5-7-22-15/h1-4,12,15H,5-10H2,(H,18,19). The summed E-state index contributed by atoms with van der Waals surface area (Å²) in [5.41, 5.74) is 2.01. The summed E-state index contributed by atoms with van der Waals surface area (Å²) in [5, 5.41) is 9.01. The molecule has 1 amide bonds. The number of ether oxygens (including phenoxy) is 2. The molecule has 1 saturated heterocycles. The maximum Gasteiger partial charge on any atom is 0.305 e. The maximum absolute atomic E-state index is 12.9. The molecule has 2 atom stereocenters. The number of morpholine rings is 1. The highest BCUT2D eigenvalue weighted by Crippen LogP contribution is 2.30. The van der Waals surface area contributed by atoms with Crippen molar-refractivity contribution in [3.05, 3.63) is 35.4 Å². The Hall–Kier alpha value is -1.92. The zero-order valence-corrected chi connectivity index (χ0v) is 12.2. The van der Waals surface area contributed by atoms with Gasteiger partial charge in [0.2, 0.25) is 0 Å². The molecule has 22 heavy (non-hydrogen) atoms. The topological polar surface area (TPSA) is 76.1 Å². The van der Waals surface area contributed by atoms with Gasteiger partial charge in [0.15, 0.2) is 6.10 Å². The van der Waals surface area contributed by atoms with Crippen LogP contribution in [0.25, 0.3) is 0 Å². The molecule has 1 aromatic carbocycles. The van der Waals surface area contributed by atoms with Crippen molar-refractivity contribution >= 4 is 11.9 Å². The van der Waals surface area contributed by atoms with Crippen LogP contribution < -0.4 is 0 Å². The summed E-state index contributed by atoms with van der Waals surface area (Å²) in [6.07, 6.45) is 0.0428. The summed E-state index contributed by atoms with van der Waals surface area (Å²) in [5.74, 6) is -1.10. The number of carbonyl (C=O) groups excluding carboxylic acids is 1. The van der Waals surface area contributed by atoms with Crippen LogP contribution in [-0.2, 0) is 25.5 Å². The molecular formula is C16H19NO5. The van der Waals surface area contributed by atoms with Gasteiger partial charge >= 0.3 is 5.97 Å². The smallest absolute Gasteiger partial charge is 0.305 e. The van der Waals surface area contributed by atoms with Crippen molar-refractivity contribution < 1.29 is 24.2 Å². The number of carboxylic acid groups (broad SMARTS) is 1. The van der Waals surface area contributed by atoms with Crippen molar-refractivity contribution in [2.75, 3.05) is 26.4 Å². The fourth-order valence-corrected chi connectivity index (χ4v) is 3.06. The Kier molecular flexibility index (Phi) is 4.40. The van der Waals surface area contributed by atoms with E-state index in [0.717, 1.165) is 17.5 Å². The van der Waals surface area contributed by atoms with Crippen LogP contribution in [0.2, 0.25) is 0 Å². The average Bonchev–Trinajstić information content (AvgIpc) is 2.54. The normalized spacial score (nSPS) is 24.6. The number of hydrogen-bond acceptors (Lipinski definition) is 4. The second kappa shape index (κ2) is 6.46. The van der Waals surface area contributed by atoms with Gasteiger partial charge in [-0.3, -0.25) is 9.59 Å². The van der Waals surface area contributed by atoms with E-state index in [1.54, 1.807) is 4.90 Å². The highest BCUT2D eigenvalue weighted by Gasteiger charge is 2.36. The average molecular weight is 305 g/mol. The molecule has 0 bridgehead atoms. The van der Waals surface area contributed by atoms with E-state index in [-0.39, 0.29) is 18.9 Å². The number of fused-ring (bicyclic) bond motifs is 1. The highest BCUT2D eigenvalue weighted by atomic mass is 16.5. The Balaban J connectivity index is 1.82. The minimum Gasteiger partial charge on any atom is -0.481 e. The molecule has 0 radical (unpaired) electrons. The fraction of sp³-hybridized carbons (Fsp3) is 0.500. The number of carbonyl (C=O) groups is 2. The summed E-state index contributed by atoms with van der Waals surface area (Å²) >= 11 is 0. The van der Waals surface area contributed by atoms with Crippen molar-refractivity contribution in [1.82, 2.24) is 4.90 Å². The molecule has 6 nitrogen and oxygen atoms in total. The quantitative estimate of drug-likeness (QED) is 0.901. The molecule has 1 N–H and O–H groups in total. The van der Waals surface area contributed by atoms with E-state index in [2.05, 4.69) is 0 Å². The molecule has 0 aliphatic carbocycles. The number of aliphatic carboxylic acids is 1. The minimum atomic E-state index is -0.932. The second-order valence-corrected chi connectivity index (χ2v) is 5.56. The van der Waals surface area contributed by atoms with E-state index >= 15 is 0 Å². The third kappa shape index (κ3) is 2.98. The largest absolute Gasteiger partial charge is 0.481 e. The molecule has 2 heterocycles. The first kappa shape index (κ1) is 15.0. The molecule has 1 aromatic rings. The predicted octanol–water partition coefficient (Wildman–Crippen LogP) is 1.00. The lowest BCUT2D eigenvalue weighted by molar-refractivity contribution is -0.156. The zero-order valence-electron chi connectivity index (χ0n) is 12.2. The molecule has 0 saturated carbocycles. The van der Waals surface area contributed by atoms with Crippen molar-refractivity contribution in [2.24, 2.45) is 0 Å². The van der Waals surface area contributed by atoms with Crippen molar-refractivity contribution in [3.63, 3.8) is 0 Å². The Morgan fingerprint density at radius 3 is 2.91 bits per heavy atom. The van der Waals surface area contributed by atoms with Crippen molar-refractivity contribution in [2.45, 2.75) is 25.0 Å². The number of rotatable bonds is 3. The van der Waals surface area contributed by atoms with Gasteiger partial charge in [0.05, 0.1) is 32.3 Å². The summed E-state index contributed by atoms with van der Waals surface area (Å²) in [4.78, 5) is 25.4. The third-order valence-electron chi connectivity index (χ3n) is 4.14. The summed E-state index contributed by atoms with van der Waals surface area (Å²) in [6, 6.07) is 7.32. The van der Waals surface area contributed by atoms with Crippen LogP contribution >= 0.6 is 0 Å². The Morgan fingerprint density at radius 1 is 1.27 bits per heavy atom. The molecule has 2 aliphatic rings. The van der Waals surface area contributed by atoms with Gasteiger partial charge < -0.3 is 19.5 Å². The number of amides is 1. The lowest BCUT2D eigenvalue weighted by atomic mass is 9.96. The molecule has 2 unspecified atom stereocenters. The molecule has 0 aromatic heterocycles. The van der Waals surface area contributed by atoms with Crippen LogP contribution in [0.15, 0.2) is 24.3 Å². The van der Waals surface area contributed by atoms with Gasteiger partial charge in [-0.05, 0) is 17.5 Å². The van der Waals surface area contributed by atoms with Crippen LogP contribution in [0.4, 0.5) is 0 Å². The van der Waals surface area contributed by atoms with Gasteiger partial charge in [0.1, 0.15) is 0 Å². The van der Waals surface area contributed by atoms with E-state index in [1.807, 2.05) is 24.3 Å². The van der Waals surface area contributed by atoms with Crippen molar-refractivity contribution in [3.8, 4) is 0 Å². The molecular weight excluding hydrogens is 286 g/mol. The molecule has 3 rings (SSSR count). The molecule has 118 valence electrons. The lowest BCUT2D eigenvalue weighted by Crippen LogP contribution is -2.51. The number of benzene rings is 1. The first-order chi connectivity index (χ1) is 10.7. The van der Waals surface area contributed by atoms with Crippen LogP contribution in [0.5, 0.6) is 0 Å². The zero-order chi connectivity index (χ0) is 15.5. The highest BCUT2D eigenvalue weighted by molar-refractivity contribution is 5.84. The van der Waals surface area contributed by atoms with E-state index in [9.17, 15) is 9.59 Å². The molecule has 0 spiro atoms. The Labute approximate surface area is 128 Å². The Bertz CT molecular complexity index is 573. The molecule has 2 aliphatic heterocycles. The van der Waals surface area contributed by atoms with Gasteiger partial charge in [-0.25, -0.2) is 0 Å². The van der Waals surface area contributed by atoms with Crippen LogP contribution in [0, 0.1) is 0 Å². The Morgan fingerprint density at radius 2 is 2.09 bits per heavy atom. The van der Waals surface area contributed by atoms with Gasteiger partial charge in [0, 0.05) is 6.54 Å². The SMILES string of the molecule is O=C(O)CC1COCCN1C(=O)C1OCCc2ccccc21. The van der Waals surface area contributed by atoms with Gasteiger partial charge in [-0.15, -0.1) is 0 Å². The first-order valence-corrected chi connectivity index (χ1v) is 7.46. The van der Waals surface area contributed by atoms with Gasteiger partial charge in [-0.1, -0.05) is 24.3 Å². The third-order valence-corrected chi connectivity index (χ3v) is 4.14. The monoisotopic (exact) mass is 305 g/mol. The minimum absolute atomic E-state index is 0.111. The predicted molar refractivity (Wildman–Crippen MR) is 77.4 cm³/mol. The van der Waals surface area contributed by atoms with Crippen LogP contribution in [0.1, 0.15) is 23.7 Å². The number of nitrogens with zero attached hydrogens (tertiary/aromatic N) is 1. The van der Waals surface area contributed by atoms with E-state index in [1.165, 1.54) is 0 Å². The fourth-order valence-electron chi connectivity index (χ4n) is 3.06. The van der Waals surface area contributed by atoms with Gasteiger partial charge in [0.25, 0.3) is 5.91 Å².